The summed E-state index contributed by atoms with van der Waals surface area (Å²) in [6.07, 6.45) is 4.94. The maximum absolute atomic E-state index is 5.90. The van der Waals surface area contributed by atoms with E-state index in [0.717, 1.165) is 18.8 Å². The highest BCUT2D eigenvalue weighted by Gasteiger charge is 2.21. The Kier molecular flexibility index (Phi) is 4.81. The zero-order valence-corrected chi connectivity index (χ0v) is 11.1. The molecule has 1 aromatic heterocycles. The summed E-state index contributed by atoms with van der Waals surface area (Å²) in [6, 6.07) is 6.38. The molecule has 0 amide bonds. The van der Waals surface area contributed by atoms with Crippen molar-refractivity contribution in [3.63, 3.8) is 0 Å². The van der Waals surface area contributed by atoms with Crippen LogP contribution in [0, 0.1) is 0 Å². The van der Waals surface area contributed by atoms with Crippen molar-refractivity contribution in [2.24, 2.45) is 5.73 Å². The Labute approximate surface area is 109 Å². The van der Waals surface area contributed by atoms with Gasteiger partial charge in [0.05, 0.1) is 6.61 Å². The molecule has 1 saturated heterocycles. The number of nitrogens with two attached hydrogens (primary N) is 1. The molecule has 2 heterocycles. The second-order valence-electron chi connectivity index (χ2n) is 4.70. The lowest BCUT2D eigenvalue weighted by Crippen LogP contribution is -2.40. The maximum Gasteiger partial charge on any atom is 0.215 e. The van der Waals surface area contributed by atoms with Crippen molar-refractivity contribution in [1.82, 2.24) is 4.98 Å². The number of aromatic nitrogens is 1. The number of pyridine rings is 1. The third-order valence-corrected chi connectivity index (χ3v) is 3.44. The fraction of sp³-hybridized carbons (Fsp3) is 0.643. The van der Waals surface area contributed by atoms with Gasteiger partial charge in [-0.05, 0) is 25.8 Å². The van der Waals surface area contributed by atoms with Gasteiger partial charge in [-0.25, -0.2) is 0 Å². The van der Waals surface area contributed by atoms with E-state index in [0.29, 0.717) is 25.1 Å². The van der Waals surface area contributed by atoms with E-state index in [1.807, 2.05) is 19.1 Å². The summed E-state index contributed by atoms with van der Waals surface area (Å²) in [5.74, 6) is 1.70. The Hall–Kier alpha value is -1.29. The lowest BCUT2D eigenvalue weighted by atomic mass is 10.1. The molecule has 1 atom stereocenters. The van der Waals surface area contributed by atoms with E-state index >= 15 is 0 Å². The quantitative estimate of drug-likeness (QED) is 0.888. The van der Waals surface area contributed by atoms with Crippen LogP contribution in [0.5, 0.6) is 5.88 Å². The van der Waals surface area contributed by atoms with Gasteiger partial charge in [0.1, 0.15) is 5.82 Å². The lowest BCUT2D eigenvalue weighted by Gasteiger charge is -2.30. The van der Waals surface area contributed by atoms with Crippen LogP contribution >= 0.6 is 0 Å². The molecule has 1 fully saturated rings. The minimum atomic E-state index is 0.414. The van der Waals surface area contributed by atoms with Crippen molar-refractivity contribution in [3.8, 4) is 5.88 Å². The van der Waals surface area contributed by atoms with Gasteiger partial charge >= 0.3 is 0 Å². The van der Waals surface area contributed by atoms with Crippen LogP contribution in [-0.4, -0.2) is 30.7 Å². The fourth-order valence-corrected chi connectivity index (χ4v) is 2.52. The largest absolute Gasteiger partial charge is 0.478 e. The highest BCUT2D eigenvalue weighted by atomic mass is 16.5. The molecule has 0 aromatic carbocycles. The van der Waals surface area contributed by atoms with Crippen molar-refractivity contribution < 1.29 is 4.74 Å². The van der Waals surface area contributed by atoms with Gasteiger partial charge in [0.2, 0.25) is 5.88 Å². The smallest absolute Gasteiger partial charge is 0.215 e. The Morgan fingerprint density at radius 2 is 2.28 bits per heavy atom. The Bertz CT molecular complexity index is 370. The molecule has 4 nitrogen and oxygen atoms in total. The molecule has 0 radical (unpaired) electrons. The summed E-state index contributed by atoms with van der Waals surface area (Å²) in [5.41, 5.74) is 5.90. The maximum atomic E-state index is 5.90. The average Bonchev–Trinajstić information content (AvgIpc) is 2.64. The minimum absolute atomic E-state index is 0.414. The molecular weight excluding hydrogens is 226 g/mol. The SMILES string of the molecule is CCOc1cccc(N2CCCCCC2CN)n1. The normalized spacial score (nSPS) is 20.6. The Morgan fingerprint density at radius 3 is 3.06 bits per heavy atom. The number of hydrogen-bond acceptors (Lipinski definition) is 4. The van der Waals surface area contributed by atoms with E-state index in [4.69, 9.17) is 10.5 Å². The molecule has 0 spiro atoms. The molecule has 1 aromatic rings. The molecule has 1 aliphatic rings. The number of nitrogens with zero attached hydrogens (tertiary/aromatic N) is 2. The fourth-order valence-electron chi connectivity index (χ4n) is 2.52. The summed E-state index contributed by atoms with van der Waals surface area (Å²) in [6.45, 7) is 4.37. The molecule has 2 N–H and O–H groups in total. The van der Waals surface area contributed by atoms with Crippen LogP contribution in [-0.2, 0) is 0 Å². The van der Waals surface area contributed by atoms with E-state index in [2.05, 4.69) is 16.0 Å². The molecular formula is C14H23N3O. The van der Waals surface area contributed by atoms with Crippen LogP contribution in [0.15, 0.2) is 18.2 Å². The second kappa shape index (κ2) is 6.59. The van der Waals surface area contributed by atoms with Gasteiger partial charge < -0.3 is 15.4 Å². The molecule has 18 heavy (non-hydrogen) atoms. The first-order valence-corrected chi connectivity index (χ1v) is 6.91. The lowest BCUT2D eigenvalue weighted by molar-refractivity contribution is 0.326. The van der Waals surface area contributed by atoms with Crippen LogP contribution in [0.2, 0.25) is 0 Å². The second-order valence-corrected chi connectivity index (χ2v) is 4.70. The van der Waals surface area contributed by atoms with E-state index in [1.165, 1.54) is 19.3 Å². The molecule has 2 rings (SSSR count). The van der Waals surface area contributed by atoms with Crippen LogP contribution < -0.4 is 15.4 Å². The predicted octanol–water partition coefficient (Wildman–Crippen LogP) is 2.19. The number of rotatable bonds is 4. The molecule has 1 unspecified atom stereocenters. The molecule has 1 aliphatic heterocycles. The molecule has 100 valence electrons. The molecule has 4 heteroatoms. The molecule has 0 bridgehead atoms. The first-order valence-electron chi connectivity index (χ1n) is 6.91. The van der Waals surface area contributed by atoms with Crippen molar-refractivity contribution in [3.05, 3.63) is 18.2 Å². The van der Waals surface area contributed by atoms with Crippen molar-refractivity contribution in [2.75, 3.05) is 24.6 Å². The summed E-state index contributed by atoms with van der Waals surface area (Å²) in [4.78, 5) is 6.92. The van der Waals surface area contributed by atoms with Gasteiger partial charge in [0, 0.05) is 25.2 Å². The summed E-state index contributed by atoms with van der Waals surface area (Å²) in [5, 5.41) is 0. The third-order valence-electron chi connectivity index (χ3n) is 3.44. The van der Waals surface area contributed by atoms with Gasteiger partial charge in [-0.2, -0.15) is 4.98 Å². The highest BCUT2D eigenvalue weighted by molar-refractivity contribution is 5.42. The number of anilines is 1. The monoisotopic (exact) mass is 249 g/mol. The first kappa shape index (κ1) is 13.1. The third kappa shape index (κ3) is 3.13. The topological polar surface area (TPSA) is 51.4 Å². The minimum Gasteiger partial charge on any atom is -0.478 e. The number of ether oxygens (including phenoxy) is 1. The van der Waals surface area contributed by atoms with Crippen molar-refractivity contribution in [1.29, 1.82) is 0 Å². The van der Waals surface area contributed by atoms with E-state index in [1.54, 1.807) is 0 Å². The molecule has 0 aliphatic carbocycles. The zero-order valence-electron chi connectivity index (χ0n) is 11.1. The summed E-state index contributed by atoms with van der Waals surface area (Å²) >= 11 is 0. The van der Waals surface area contributed by atoms with Gasteiger partial charge in [0.15, 0.2) is 0 Å². The Morgan fingerprint density at radius 1 is 1.39 bits per heavy atom. The van der Waals surface area contributed by atoms with Gasteiger partial charge in [-0.15, -0.1) is 0 Å². The van der Waals surface area contributed by atoms with E-state index in [-0.39, 0.29) is 0 Å². The molecule has 0 saturated carbocycles. The first-order chi connectivity index (χ1) is 8.85. The zero-order chi connectivity index (χ0) is 12.8. The highest BCUT2D eigenvalue weighted by Crippen LogP contribution is 2.23. The summed E-state index contributed by atoms with van der Waals surface area (Å²) in [7, 11) is 0. The van der Waals surface area contributed by atoms with Gasteiger partial charge in [-0.1, -0.05) is 18.9 Å². The number of hydrogen-bond donors (Lipinski definition) is 1. The van der Waals surface area contributed by atoms with Crippen molar-refractivity contribution in [2.45, 2.75) is 38.6 Å². The summed E-state index contributed by atoms with van der Waals surface area (Å²) < 4.78 is 5.47. The van der Waals surface area contributed by atoms with Crippen LogP contribution in [0.3, 0.4) is 0 Å². The standard InChI is InChI=1S/C14H23N3O/c1-2-18-14-9-6-8-13(16-14)17-10-5-3-4-7-12(17)11-15/h6,8-9,12H,2-5,7,10-11,15H2,1H3. The van der Waals surface area contributed by atoms with Crippen LogP contribution in [0.4, 0.5) is 5.82 Å². The van der Waals surface area contributed by atoms with E-state index in [9.17, 15) is 0 Å². The predicted molar refractivity (Wildman–Crippen MR) is 74.1 cm³/mol. The average molecular weight is 249 g/mol. The van der Waals surface area contributed by atoms with Gasteiger partial charge in [0.25, 0.3) is 0 Å². The Balaban J connectivity index is 2.18. The van der Waals surface area contributed by atoms with E-state index < -0.39 is 0 Å². The van der Waals surface area contributed by atoms with Crippen molar-refractivity contribution >= 4 is 5.82 Å². The van der Waals surface area contributed by atoms with Gasteiger partial charge in [-0.3, -0.25) is 0 Å². The van der Waals surface area contributed by atoms with Crippen LogP contribution in [0.1, 0.15) is 32.6 Å². The van der Waals surface area contributed by atoms with Crippen LogP contribution in [0.25, 0.3) is 0 Å².